The molecule has 0 bridgehead atoms. The summed E-state index contributed by atoms with van der Waals surface area (Å²) in [5.74, 6) is 1.57. The fourth-order valence-corrected chi connectivity index (χ4v) is 2.14. The summed E-state index contributed by atoms with van der Waals surface area (Å²) >= 11 is 0. The highest BCUT2D eigenvalue weighted by molar-refractivity contribution is 5.77. The predicted molar refractivity (Wildman–Crippen MR) is 87.5 cm³/mol. The zero-order valence-electron chi connectivity index (χ0n) is 13.6. The third-order valence-electron chi connectivity index (χ3n) is 3.27. The first-order valence-electron chi connectivity index (χ1n) is 7.76. The van der Waals surface area contributed by atoms with Crippen molar-refractivity contribution in [3.05, 3.63) is 48.4 Å². The number of nitrogens with zero attached hydrogens (tertiary/aromatic N) is 2. The van der Waals surface area contributed by atoms with Crippen LogP contribution in [0.5, 0.6) is 11.5 Å². The van der Waals surface area contributed by atoms with Crippen molar-refractivity contribution < 1.29 is 18.7 Å². The Balaban J connectivity index is 1.98. The standard InChI is InChI=1S/C18H20N2O4/c1-2-22-16-8-3-4-9-17(16)24-14-18(21)20(11-6-10-19)13-15-7-5-12-23-15/h3-5,7-9,12H,2,6,11,13-14H2,1H3. The lowest BCUT2D eigenvalue weighted by atomic mass is 10.3. The minimum Gasteiger partial charge on any atom is -0.490 e. The van der Waals surface area contributed by atoms with E-state index >= 15 is 0 Å². The van der Waals surface area contributed by atoms with Crippen molar-refractivity contribution >= 4 is 5.91 Å². The molecule has 6 nitrogen and oxygen atoms in total. The van der Waals surface area contributed by atoms with Crippen LogP contribution in [0.2, 0.25) is 0 Å². The molecule has 1 aromatic heterocycles. The van der Waals surface area contributed by atoms with Gasteiger partial charge in [0.1, 0.15) is 5.76 Å². The molecule has 0 aliphatic rings. The van der Waals surface area contributed by atoms with E-state index in [1.807, 2.05) is 25.1 Å². The van der Waals surface area contributed by atoms with Crippen LogP contribution < -0.4 is 9.47 Å². The molecule has 126 valence electrons. The lowest BCUT2D eigenvalue weighted by Crippen LogP contribution is -2.35. The molecule has 1 amide bonds. The summed E-state index contributed by atoms with van der Waals surface area (Å²) in [6.45, 7) is 2.91. The maximum absolute atomic E-state index is 12.4. The summed E-state index contributed by atoms with van der Waals surface area (Å²) in [6.07, 6.45) is 1.80. The first-order chi connectivity index (χ1) is 11.7. The highest BCUT2D eigenvalue weighted by atomic mass is 16.5. The number of nitriles is 1. The smallest absolute Gasteiger partial charge is 0.260 e. The summed E-state index contributed by atoms with van der Waals surface area (Å²) < 4.78 is 16.3. The van der Waals surface area contributed by atoms with Gasteiger partial charge in [-0.1, -0.05) is 12.1 Å². The van der Waals surface area contributed by atoms with Gasteiger partial charge in [-0.05, 0) is 31.2 Å². The van der Waals surface area contributed by atoms with Gasteiger partial charge in [0.15, 0.2) is 18.1 Å². The van der Waals surface area contributed by atoms with Crippen LogP contribution in [0.4, 0.5) is 0 Å². The van der Waals surface area contributed by atoms with Gasteiger partial charge >= 0.3 is 0 Å². The lowest BCUT2D eigenvalue weighted by molar-refractivity contribution is -0.134. The summed E-state index contributed by atoms with van der Waals surface area (Å²) in [6, 6.07) is 12.8. The number of hydrogen-bond donors (Lipinski definition) is 0. The van der Waals surface area contributed by atoms with Crippen LogP contribution in [-0.2, 0) is 11.3 Å². The molecule has 24 heavy (non-hydrogen) atoms. The van der Waals surface area contributed by atoms with Gasteiger partial charge in [-0.25, -0.2) is 0 Å². The number of benzene rings is 1. The molecule has 1 heterocycles. The van der Waals surface area contributed by atoms with Crippen molar-refractivity contribution in [3.8, 4) is 17.6 Å². The Labute approximate surface area is 141 Å². The normalized spacial score (nSPS) is 10.0. The van der Waals surface area contributed by atoms with Gasteiger partial charge in [0.05, 0.1) is 31.9 Å². The van der Waals surface area contributed by atoms with Crippen molar-refractivity contribution in [1.82, 2.24) is 4.90 Å². The van der Waals surface area contributed by atoms with E-state index in [1.165, 1.54) is 0 Å². The summed E-state index contributed by atoms with van der Waals surface area (Å²) in [4.78, 5) is 14.0. The molecule has 0 radical (unpaired) electrons. The van der Waals surface area contributed by atoms with E-state index in [0.29, 0.717) is 37.0 Å². The van der Waals surface area contributed by atoms with E-state index in [4.69, 9.17) is 19.2 Å². The number of furan rings is 1. The van der Waals surface area contributed by atoms with E-state index < -0.39 is 0 Å². The number of carbonyl (C=O) groups is 1. The SMILES string of the molecule is CCOc1ccccc1OCC(=O)N(CCC#N)Cc1ccco1. The van der Waals surface area contributed by atoms with Crippen molar-refractivity contribution in [2.45, 2.75) is 19.9 Å². The molecular weight excluding hydrogens is 308 g/mol. The average molecular weight is 328 g/mol. The highest BCUT2D eigenvalue weighted by Gasteiger charge is 2.16. The molecule has 6 heteroatoms. The summed E-state index contributed by atoms with van der Waals surface area (Å²) in [5.41, 5.74) is 0. The fourth-order valence-electron chi connectivity index (χ4n) is 2.14. The van der Waals surface area contributed by atoms with E-state index in [1.54, 1.807) is 35.4 Å². The Morgan fingerprint density at radius 1 is 1.21 bits per heavy atom. The lowest BCUT2D eigenvalue weighted by Gasteiger charge is -2.21. The quantitative estimate of drug-likeness (QED) is 0.707. The van der Waals surface area contributed by atoms with Crippen LogP contribution in [0, 0.1) is 11.3 Å². The number of para-hydroxylation sites is 2. The Kier molecular flexibility index (Phi) is 6.72. The van der Waals surface area contributed by atoms with Crippen molar-refractivity contribution in [2.24, 2.45) is 0 Å². The van der Waals surface area contributed by atoms with Crippen molar-refractivity contribution in [3.63, 3.8) is 0 Å². The van der Waals surface area contributed by atoms with Gasteiger partial charge in [0, 0.05) is 6.54 Å². The first-order valence-corrected chi connectivity index (χ1v) is 7.76. The third kappa shape index (κ3) is 5.06. The van der Waals surface area contributed by atoms with E-state index in [-0.39, 0.29) is 18.9 Å². The molecule has 2 rings (SSSR count). The Hall–Kier alpha value is -2.94. The minimum atomic E-state index is -0.215. The Bertz CT molecular complexity index is 677. The van der Waals surface area contributed by atoms with Gasteiger partial charge in [0.2, 0.25) is 0 Å². The fraction of sp³-hybridized carbons (Fsp3) is 0.333. The molecule has 0 aliphatic heterocycles. The zero-order valence-corrected chi connectivity index (χ0v) is 13.6. The van der Waals surface area contributed by atoms with Crippen molar-refractivity contribution in [2.75, 3.05) is 19.8 Å². The second-order valence-corrected chi connectivity index (χ2v) is 4.97. The molecule has 0 atom stereocenters. The van der Waals surface area contributed by atoms with E-state index in [9.17, 15) is 4.79 Å². The third-order valence-corrected chi connectivity index (χ3v) is 3.27. The van der Waals surface area contributed by atoms with E-state index in [0.717, 1.165) is 0 Å². The summed E-state index contributed by atoms with van der Waals surface area (Å²) in [5, 5.41) is 8.77. The van der Waals surface area contributed by atoms with Crippen LogP contribution >= 0.6 is 0 Å². The molecule has 2 aromatic rings. The minimum absolute atomic E-state index is 0.129. The van der Waals surface area contributed by atoms with Crippen LogP contribution in [0.15, 0.2) is 47.1 Å². The monoisotopic (exact) mass is 328 g/mol. The molecule has 0 spiro atoms. The van der Waals surface area contributed by atoms with Gasteiger partial charge in [0.25, 0.3) is 5.91 Å². The van der Waals surface area contributed by atoms with Crippen molar-refractivity contribution in [1.29, 1.82) is 5.26 Å². The molecule has 0 fully saturated rings. The topological polar surface area (TPSA) is 75.7 Å². The molecule has 0 saturated carbocycles. The molecule has 0 aliphatic carbocycles. The molecule has 0 N–H and O–H groups in total. The Morgan fingerprint density at radius 2 is 1.96 bits per heavy atom. The highest BCUT2D eigenvalue weighted by Crippen LogP contribution is 2.26. The van der Waals surface area contributed by atoms with Crippen LogP contribution in [-0.4, -0.2) is 30.6 Å². The maximum Gasteiger partial charge on any atom is 0.260 e. The van der Waals surface area contributed by atoms with Gasteiger partial charge in [-0.2, -0.15) is 5.26 Å². The number of carbonyl (C=O) groups excluding carboxylic acids is 1. The number of ether oxygens (including phenoxy) is 2. The second-order valence-electron chi connectivity index (χ2n) is 4.97. The Morgan fingerprint density at radius 3 is 2.58 bits per heavy atom. The van der Waals surface area contributed by atoms with E-state index in [2.05, 4.69) is 0 Å². The van der Waals surface area contributed by atoms with Crippen LogP contribution in [0.3, 0.4) is 0 Å². The van der Waals surface area contributed by atoms with Gasteiger partial charge < -0.3 is 18.8 Å². The number of rotatable bonds is 9. The zero-order chi connectivity index (χ0) is 17.2. The number of amides is 1. The van der Waals surface area contributed by atoms with Gasteiger partial charge in [-0.15, -0.1) is 0 Å². The molecule has 0 unspecified atom stereocenters. The molecular formula is C18H20N2O4. The summed E-state index contributed by atoms with van der Waals surface area (Å²) in [7, 11) is 0. The average Bonchev–Trinajstić information content (AvgIpc) is 3.11. The molecule has 1 aromatic carbocycles. The largest absolute Gasteiger partial charge is 0.490 e. The first kappa shape index (κ1) is 17.4. The predicted octanol–water partition coefficient (Wildman–Crippen LogP) is 3.00. The molecule has 0 saturated heterocycles. The maximum atomic E-state index is 12.4. The van der Waals surface area contributed by atoms with Gasteiger partial charge in [-0.3, -0.25) is 4.79 Å². The van der Waals surface area contributed by atoms with Crippen LogP contribution in [0.1, 0.15) is 19.1 Å². The second kappa shape index (κ2) is 9.26. The number of hydrogen-bond acceptors (Lipinski definition) is 5. The van der Waals surface area contributed by atoms with Crippen LogP contribution in [0.25, 0.3) is 0 Å².